The molecule has 1 fully saturated rings. The number of hydrogen-bond acceptors (Lipinski definition) is 4. The summed E-state index contributed by atoms with van der Waals surface area (Å²) in [5.74, 6) is -1.97. The van der Waals surface area contributed by atoms with Gasteiger partial charge in [-0.05, 0) is 32.4 Å². The molecular weight excluding hydrogens is 252 g/mol. The molecule has 2 rings (SSSR count). The Morgan fingerprint density at radius 2 is 1.83 bits per heavy atom. The summed E-state index contributed by atoms with van der Waals surface area (Å²) in [7, 11) is -3.53. The molecule has 1 atom stereocenters. The predicted molar refractivity (Wildman–Crippen MR) is 67.8 cm³/mol. The first-order valence-electron chi connectivity index (χ1n) is 5.93. The van der Waals surface area contributed by atoms with Crippen LogP contribution in [-0.2, 0) is 14.6 Å². The number of benzene rings is 1. The Morgan fingerprint density at radius 3 is 2.33 bits per heavy atom. The highest BCUT2D eigenvalue weighted by Gasteiger charge is 2.45. The van der Waals surface area contributed by atoms with Crippen molar-refractivity contribution in [3.8, 4) is 0 Å². The summed E-state index contributed by atoms with van der Waals surface area (Å²) < 4.78 is 29.8. The Kier molecular flexibility index (Phi) is 3.25. The SMILES string of the molecule is CC1(C)CCC(O)(CS(=O)(=O)c2ccccc2)O1. The fraction of sp³-hybridized carbons (Fsp3) is 0.538. The first-order valence-corrected chi connectivity index (χ1v) is 7.58. The molecule has 0 bridgehead atoms. The molecule has 1 unspecified atom stereocenters. The van der Waals surface area contributed by atoms with Crippen molar-refractivity contribution in [2.45, 2.75) is 43.0 Å². The van der Waals surface area contributed by atoms with Crippen LogP contribution in [0.15, 0.2) is 35.2 Å². The average Bonchev–Trinajstić information content (AvgIpc) is 2.53. The predicted octanol–water partition coefficient (Wildman–Crippen LogP) is 1.74. The molecule has 0 radical (unpaired) electrons. The van der Waals surface area contributed by atoms with Crippen LogP contribution in [0.1, 0.15) is 26.7 Å². The lowest BCUT2D eigenvalue weighted by molar-refractivity contribution is -0.199. The van der Waals surface area contributed by atoms with Crippen molar-refractivity contribution < 1.29 is 18.3 Å². The van der Waals surface area contributed by atoms with Gasteiger partial charge in [0.05, 0.1) is 10.5 Å². The molecule has 0 amide bonds. The highest BCUT2D eigenvalue weighted by Crippen LogP contribution is 2.37. The molecule has 18 heavy (non-hydrogen) atoms. The monoisotopic (exact) mass is 270 g/mol. The minimum Gasteiger partial charge on any atom is -0.365 e. The van der Waals surface area contributed by atoms with E-state index >= 15 is 0 Å². The lowest BCUT2D eigenvalue weighted by Gasteiger charge is -2.26. The third kappa shape index (κ3) is 2.91. The Hall–Kier alpha value is -0.910. The van der Waals surface area contributed by atoms with Crippen molar-refractivity contribution >= 4 is 9.84 Å². The van der Waals surface area contributed by atoms with E-state index in [0.29, 0.717) is 12.8 Å². The van der Waals surface area contributed by atoms with Crippen LogP contribution in [0, 0.1) is 0 Å². The molecule has 0 aromatic heterocycles. The largest absolute Gasteiger partial charge is 0.365 e. The Balaban J connectivity index is 2.20. The van der Waals surface area contributed by atoms with Crippen LogP contribution in [0.2, 0.25) is 0 Å². The van der Waals surface area contributed by atoms with E-state index in [1.54, 1.807) is 18.2 Å². The summed E-state index contributed by atoms with van der Waals surface area (Å²) in [5.41, 5.74) is -0.471. The van der Waals surface area contributed by atoms with Crippen LogP contribution in [0.4, 0.5) is 0 Å². The van der Waals surface area contributed by atoms with Gasteiger partial charge in [-0.25, -0.2) is 8.42 Å². The van der Waals surface area contributed by atoms with E-state index in [9.17, 15) is 13.5 Å². The third-order valence-corrected chi connectivity index (χ3v) is 4.92. The zero-order chi connectivity index (χ0) is 13.4. The standard InChI is InChI=1S/C13H18O4S/c1-12(2)8-9-13(14,17-12)10-18(15,16)11-6-4-3-5-7-11/h3-7,14H,8-10H2,1-2H3. The fourth-order valence-corrected chi connectivity index (χ4v) is 3.76. The quantitative estimate of drug-likeness (QED) is 0.908. The van der Waals surface area contributed by atoms with Gasteiger partial charge in [-0.15, -0.1) is 0 Å². The molecule has 1 aliphatic rings. The maximum Gasteiger partial charge on any atom is 0.183 e. The van der Waals surface area contributed by atoms with Crippen LogP contribution in [0.3, 0.4) is 0 Å². The van der Waals surface area contributed by atoms with Crippen LogP contribution in [0.25, 0.3) is 0 Å². The van der Waals surface area contributed by atoms with Gasteiger partial charge in [0.1, 0.15) is 5.75 Å². The van der Waals surface area contributed by atoms with Crippen molar-refractivity contribution in [3.63, 3.8) is 0 Å². The molecular formula is C13H18O4S. The molecule has 0 saturated carbocycles. The molecule has 5 heteroatoms. The Labute approximate surface area is 108 Å². The van der Waals surface area contributed by atoms with Crippen molar-refractivity contribution in [1.29, 1.82) is 0 Å². The van der Waals surface area contributed by atoms with Gasteiger partial charge in [-0.3, -0.25) is 0 Å². The molecule has 0 aliphatic carbocycles. The van der Waals surface area contributed by atoms with E-state index < -0.39 is 27.0 Å². The summed E-state index contributed by atoms with van der Waals surface area (Å²) in [6.45, 7) is 3.69. The minimum absolute atomic E-state index is 0.215. The lowest BCUT2D eigenvalue weighted by atomic mass is 10.1. The van der Waals surface area contributed by atoms with Gasteiger partial charge < -0.3 is 9.84 Å². The summed E-state index contributed by atoms with van der Waals surface area (Å²) in [6.07, 6.45) is 0.986. The Bertz CT molecular complexity index is 521. The normalized spacial score (nSPS) is 27.3. The molecule has 1 N–H and O–H groups in total. The van der Waals surface area contributed by atoms with Gasteiger partial charge in [-0.2, -0.15) is 0 Å². The van der Waals surface area contributed by atoms with E-state index in [4.69, 9.17) is 4.74 Å². The van der Waals surface area contributed by atoms with Gasteiger partial charge in [0.25, 0.3) is 0 Å². The van der Waals surface area contributed by atoms with Crippen molar-refractivity contribution in [1.82, 2.24) is 0 Å². The average molecular weight is 270 g/mol. The van der Waals surface area contributed by atoms with E-state index in [2.05, 4.69) is 0 Å². The first kappa shape index (κ1) is 13.5. The second kappa shape index (κ2) is 4.33. The number of ether oxygens (including phenoxy) is 1. The fourth-order valence-electron chi connectivity index (χ4n) is 2.22. The van der Waals surface area contributed by atoms with Gasteiger partial charge in [-0.1, -0.05) is 18.2 Å². The van der Waals surface area contributed by atoms with E-state index in [-0.39, 0.29) is 4.90 Å². The number of sulfone groups is 1. The summed E-state index contributed by atoms with van der Waals surface area (Å²) in [6, 6.07) is 8.13. The van der Waals surface area contributed by atoms with E-state index in [0.717, 1.165) is 0 Å². The van der Waals surface area contributed by atoms with Crippen molar-refractivity contribution in [2.24, 2.45) is 0 Å². The van der Waals surface area contributed by atoms with Gasteiger partial charge in [0.15, 0.2) is 15.6 Å². The molecule has 1 aromatic carbocycles. The Morgan fingerprint density at radius 1 is 1.22 bits per heavy atom. The maximum absolute atomic E-state index is 12.2. The molecule has 1 aliphatic heterocycles. The number of rotatable bonds is 3. The van der Waals surface area contributed by atoms with Crippen LogP contribution in [0.5, 0.6) is 0 Å². The van der Waals surface area contributed by atoms with Gasteiger partial charge in [0.2, 0.25) is 0 Å². The molecule has 1 aromatic rings. The van der Waals surface area contributed by atoms with Gasteiger partial charge in [0, 0.05) is 6.42 Å². The third-order valence-electron chi connectivity index (χ3n) is 3.10. The maximum atomic E-state index is 12.2. The summed E-state index contributed by atoms with van der Waals surface area (Å²) >= 11 is 0. The number of aliphatic hydroxyl groups is 1. The lowest BCUT2D eigenvalue weighted by Crippen LogP contribution is -2.39. The number of hydrogen-bond donors (Lipinski definition) is 1. The van der Waals surface area contributed by atoms with Crippen LogP contribution < -0.4 is 0 Å². The second-order valence-corrected chi connectivity index (χ2v) is 7.37. The zero-order valence-electron chi connectivity index (χ0n) is 10.6. The topological polar surface area (TPSA) is 63.6 Å². The molecule has 1 heterocycles. The second-order valence-electron chi connectivity index (χ2n) is 5.38. The highest BCUT2D eigenvalue weighted by atomic mass is 32.2. The summed E-state index contributed by atoms with van der Waals surface area (Å²) in [5, 5.41) is 10.2. The minimum atomic E-state index is -3.53. The van der Waals surface area contributed by atoms with E-state index in [1.807, 2.05) is 13.8 Å². The first-order chi connectivity index (χ1) is 8.23. The molecule has 0 spiro atoms. The van der Waals surface area contributed by atoms with Crippen molar-refractivity contribution in [2.75, 3.05) is 5.75 Å². The highest BCUT2D eigenvalue weighted by molar-refractivity contribution is 7.91. The summed E-state index contributed by atoms with van der Waals surface area (Å²) in [4.78, 5) is 0.215. The molecule has 100 valence electrons. The molecule has 4 nitrogen and oxygen atoms in total. The smallest absolute Gasteiger partial charge is 0.183 e. The van der Waals surface area contributed by atoms with Crippen LogP contribution >= 0.6 is 0 Å². The zero-order valence-corrected chi connectivity index (χ0v) is 11.4. The van der Waals surface area contributed by atoms with Crippen molar-refractivity contribution in [3.05, 3.63) is 30.3 Å². The van der Waals surface area contributed by atoms with Crippen LogP contribution in [-0.4, -0.2) is 30.7 Å². The van der Waals surface area contributed by atoms with Gasteiger partial charge >= 0.3 is 0 Å². The van der Waals surface area contributed by atoms with E-state index in [1.165, 1.54) is 12.1 Å². The molecule has 1 saturated heterocycles.